The third kappa shape index (κ3) is 8.54. The summed E-state index contributed by atoms with van der Waals surface area (Å²) < 4.78 is 8.90. The van der Waals surface area contributed by atoms with Crippen molar-refractivity contribution in [1.29, 1.82) is 0 Å². The minimum atomic E-state index is 0.496. The van der Waals surface area contributed by atoms with Crippen LogP contribution in [-0.2, 0) is 11.5 Å². The number of halogens is 2. The Morgan fingerprint density at radius 1 is 0.964 bits per heavy atom. The fourth-order valence-corrected chi connectivity index (χ4v) is 4.62. The number of rotatable bonds is 13. The van der Waals surface area contributed by atoms with Gasteiger partial charge in [0.1, 0.15) is 23.9 Å². The van der Waals surface area contributed by atoms with E-state index in [4.69, 9.17) is 16.3 Å². The van der Waals surface area contributed by atoms with Crippen molar-refractivity contribution in [2.24, 2.45) is 5.41 Å². The van der Waals surface area contributed by atoms with Crippen molar-refractivity contribution in [3.63, 3.8) is 0 Å². The number of fused-ring (bicyclic) bond motifs is 1. The summed E-state index contributed by atoms with van der Waals surface area (Å²) in [5, 5.41) is 1.41. The van der Waals surface area contributed by atoms with Crippen LogP contribution in [0.3, 0.4) is 0 Å². The Hall–Kier alpha value is -0.400. The van der Waals surface area contributed by atoms with E-state index in [0.29, 0.717) is 17.3 Å². The molecular formula is C22H35ClIN3O. The van der Waals surface area contributed by atoms with Gasteiger partial charge in [-0.2, -0.15) is 0 Å². The lowest BCUT2D eigenvalue weighted by atomic mass is 9.89. The fourth-order valence-electron chi connectivity index (χ4n) is 3.40. The smallest absolute Gasteiger partial charge is 0.147 e. The molecule has 2 heterocycles. The lowest BCUT2D eigenvalue weighted by Gasteiger charge is -2.17. The average molecular weight is 520 g/mol. The maximum atomic E-state index is 6.16. The number of hydrogen-bond acceptors (Lipinski definition) is 3. The van der Waals surface area contributed by atoms with Crippen LogP contribution in [0.15, 0.2) is 12.5 Å². The van der Waals surface area contributed by atoms with Gasteiger partial charge in [0, 0.05) is 16.4 Å². The SMILES string of the molecule is CC(C)(C)CCCCCCCCCCCOCn1cc(I)c2c(Cl)ncnc21. The molecule has 158 valence electrons. The van der Waals surface area contributed by atoms with Crippen LogP contribution in [0.5, 0.6) is 0 Å². The molecule has 0 bridgehead atoms. The molecular weight excluding hydrogens is 485 g/mol. The highest BCUT2D eigenvalue weighted by atomic mass is 127. The van der Waals surface area contributed by atoms with E-state index in [1.165, 1.54) is 64.1 Å². The van der Waals surface area contributed by atoms with Crippen LogP contribution < -0.4 is 0 Å². The first-order valence-corrected chi connectivity index (χ1v) is 12.1. The predicted molar refractivity (Wildman–Crippen MR) is 127 cm³/mol. The molecule has 0 amide bonds. The third-order valence-electron chi connectivity index (χ3n) is 5.01. The Balaban J connectivity index is 1.47. The van der Waals surface area contributed by atoms with Crippen LogP contribution >= 0.6 is 34.2 Å². The Morgan fingerprint density at radius 3 is 2.21 bits per heavy atom. The molecule has 2 aromatic rings. The molecule has 4 nitrogen and oxygen atoms in total. The molecule has 0 aliphatic rings. The van der Waals surface area contributed by atoms with E-state index in [1.54, 1.807) is 0 Å². The lowest BCUT2D eigenvalue weighted by Crippen LogP contribution is -2.03. The summed E-state index contributed by atoms with van der Waals surface area (Å²) >= 11 is 8.43. The number of nitrogens with zero attached hydrogens (tertiary/aromatic N) is 3. The van der Waals surface area contributed by atoms with Crippen LogP contribution in [0.25, 0.3) is 11.0 Å². The fraction of sp³-hybridized carbons (Fsp3) is 0.727. The minimum Gasteiger partial charge on any atom is -0.361 e. The zero-order valence-corrected chi connectivity index (χ0v) is 20.6. The molecule has 6 heteroatoms. The Bertz CT molecular complexity index is 712. The highest BCUT2D eigenvalue weighted by Crippen LogP contribution is 2.26. The first kappa shape index (κ1) is 23.9. The van der Waals surface area contributed by atoms with Crippen molar-refractivity contribution < 1.29 is 4.74 Å². The largest absolute Gasteiger partial charge is 0.361 e. The van der Waals surface area contributed by atoms with Gasteiger partial charge in [0.05, 0.1) is 5.39 Å². The van der Waals surface area contributed by atoms with Gasteiger partial charge in [0.25, 0.3) is 0 Å². The molecule has 0 aliphatic carbocycles. The van der Waals surface area contributed by atoms with Gasteiger partial charge in [0.2, 0.25) is 0 Å². The van der Waals surface area contributed by atoms with Crippen LogP contribution in [0, 0.1) is 8.99 Å². The van der Waals surface area contributed by atoms with E-state index in [-0.39, 0.29) is 0 Å². The number of aromatic nitrogens is 3. The molecule has 0 atom stereocenters. The Kier molecular flexibility index (Phi) is 10.5. The van der Waals surface area contributed by atoms with Crippen molar-refractivity contribution in [2.75, 3.05) is 6.61 Å². The summed E-state index contributed by atoms with van der Waals surface area (Å²) in [6, 6.07) is 0. The Labute approximate surface area is 188 Å². The quantitative estimate of drug-likeness (QED) is 0.155. The molecule has 0 unspecified atom stereocenters. The minimum absolute atomic E-state index is 0.496. The number of ether oxygens (including phenoxy) is 1. The lowest BCUT2D eigenvalue weighted by molar-refractivity contribution is 0.0762. The van der Waals surface area contributed by atoms with E-state index in [0.717, 1.165) is 27.6 Å². The molecule has 0 N–H and O–H groups in total. The van der Waals surface area contributed by atoms with Gasteiger partial charge in [-0.1, -0.05) is 83.7 Å². The van der Waals surface area contributed by atoms with Crippen molar-refractivity contribution >= 4 is 45.2 Å². The summed E-state index contributed by atoms with van der Waals surface area (Å²) in [5.74, 6) is 0. The highest BCUT2D eigenvalue weighted by molar-refractivity contribution is 14.1. The second kappa shape index (κ2) is 12.3. The molecule has 0 aliphatic heterocycles. The van der Waals surface area contributed by atoms with Gasteiger partial charge in [0.15, 0.2) is 0 Å². The molecule has 0 aromatic carbocycles. The van der Waals surface area contributed by atoms with Crippen LogP contribution in [0.2, 0.25) is 5.15 Å². The molecule has 28 heavy (non-hydrogen) atoms. The van der Waals surface area contributed by atoms with Crippen molar-refractivity contribution in [1.82, 2.24) is 14.5 Å². The second-order valence-corrected chi connectivity index (χ2v) is 10.4. The molecule has 0 fully saturated rings. The van der Waals surface area contributed by atoms with Crippen molar-refractivity contribution in [2.45, 2.75) is 91.7 Å². The zero-order chi connectivity index (χ0) is 20.4. The summed E-state index contributed by atoms with van der Waals surface area (Å²) in [7, 11) is 0. The van der Waals surface area contributed by atoms with Gasteiger partial charge >= 0.3 is 0 Å². The maximum Gasteiger partial charge on any atom is 0.147 e. The standard InChI is InChI=1S/C22H35ClIN3O/c1-22(2,3)13-11-9-7-5-4-6-8-10-12-14-28-17-27-15-18(24)19-20(23)25-16-26-21(19)27/h15-16H,4-14,17H2,1-3H3. The first-order valence-electron chi connectivity index (χ1n) is 10.6. The molecule has 2 rings (SSSR count). The molecule has 0 saturated heterocycles. The van der Waals surface area contributed by atoms with Gasteiger partial charge < -0.3 is 9.30 Å². The maximum absolute atomic E-state index is 6.16. The van der Waals surface area contributed by atoms with Crippen LogP contribution in [0.1, 0.15) is 85.0 Å². The summed E-state index contributed by atoms with van der Waals surface area (Å²) in [5.41, 5.74) is 1.34. The highest BCUT2D eigenvalue weighted by Gasteiger charge is 2.12. The van der Waals surface area contributed by atoms with E-state index in [2.05, 4.69) is 53.3 Å². The monoisotopic (exact) mass is 519 g/mol. The summed E-state index contributed by atoms with van der Waals surface area (Å²) in [6.07, 6.45) is 16.9. The molecule has 2 aromatic heterocycles. The number of unbranched alkanes of at least 4 members (excludes halogenated alkanes) is 8. The molecule has 0 saturated carbocycles. The van der Waals surface area contributed by atoms with E-state index < -0.39 is 0 Å². The van der Waals surface area contributed by atoms with E-state index in [1.807, 2.05) is 10.8 Å². The molecule has 0 radical (unpaired) electrons. The topological polar surface area (TPSA) is 39.9 Å². The first-order chi connectivity index (χ1) is 13.4. The third-order valence-corrected chi connectivity index (χ3v) is 6.11. The van der Waals surface area contributed by atoms with Gasteiger partial charge in [-0.15, -0.1) is 0 Å². The zero-order valence-electron chi connectivity index (χ0n) is 17.6. The van der Waals surface area contributed by atoms with Gasteiger partial charge in [-0.3, -0.25) is 0 Å². The van der Waals surface area contributed by atoms with Gasteiger partial charge in [-0.25, -0.2) is 9.97 Å². The van der Waals surface area contributed by atoms with E-state index in [9.17, 15) is 0 Å². The molecule has 0 spiro atoms. The average Bonchev–Trinajstić information content (AvgIpc) is 2.95. The summed E-state index contributed by atoms with van der Waals surface area (Å²) in [6.45, 7) is 8.32. The van der Waals surface area contributed by atoms with Crippen LogP contribution in [-0.4, -0.2) is 21.1 Å². The predicted octanol–water partition coefficient (Wildman–Crippen LogP) is 7.61. The van der Waals surface area contributed by atoms with Gasteiger partial charge in [-0.05, 0) is 40.8 Å². The normalized spacial score (nSPS) is 12.2. The Morgan fingerprint density at radius 2 is 1.57 bits per heavy atom. The second-order valence-electron chi connectivity index (χ2n) is 8.84. The summed E-state index contributed by atoms with van der Waals surface area (Å²) in [4.78, 5) is 8.39. The van der Waals surface area contributed by atoms with Crippen molar-refractivity contribution in [3.8, 4) is 0 Å². The number of hydrogen-bond donors (Lipinski definition) is 0. The van der Waals surface area contributed by atoms with E-state index >= 15 is 0 Å². The van der Waals surface area contributed by atoms with Crippen LogP contribution in [0.4, 0.5) is 0 Å². The van der Waals surface area contributed by atoms with Crippen molar-refractivity contribution in [3.05, 3.63) is 21.2 Å².